The molecule has 2 saturated carbocycles. The first-order valence-corrected chi connectivity index (χ1v) is 7.96. The highest BCUT2D eigenvalue weighted by atomic mass is 35.5. The molecule has 2 aliphatic carbocycles. The second-order valence-corrected chi connectivity index (χ2v) is 8.53. The smallest absolute Gasteiger partial charge is 0.211 e. The maximum atomic E-state index is 11.6. The zero-order valence-electron chi connectivity index (χ0n) is 10.1. The number of fused-ring (bicyclic) bond motifs is 2. The van der Waals surface area contributed by atoms with E-state index in [1.807, 2.05) is 0 Å². The number of halogens is 1. The molecule has 0 aromatic rings. The van der Waals surface area contributed by atoms with Crippen molar-refractivity contribution in [1.29, 1.82) is 0 Å². The summed E-state index contributed by atoms with van der Waals surface area (Å²) in [4.78, 5) is 0. The SMILES string of the molecule is CC12CCC(C1)C(C)(C)C2NS(=O)(=O)CCl. The van der Waals surface area contributed by atoms with Crippen LogP contribution in [0.15, 0.2) is 0 Å². The second-order valence-electron chi connectivity index (χ2n) is 6.19. The van der Waals surface area contributed by atoms with E-state index in [0.29, 0.717) is 5.92 Å². The Balaban J connectivity index is 2.27. The Bertz CT molecular complexity index is 388. The molecule has 2 bridgehead atoms. The zero-order valence-corrected chi connectivity index (χ0v) is 11.7. The van der Waals surface area contributed by atoms with E-state index < -0.39 is 10.0 Å². The van der Waals surface area contributed by atoms with E-state index in [2.05, 4.69) is 25.5 Å². The van der Waals surface area contributed by atoms with E-state index in [1.165, 1.54) is 6.42 Å². The van der Waals surface area contributed by atoms with Crippen molar-refractivity contribution >= 4 is 21.6 Å². The van der Waals surface area contributed by atoms with Crippen molar-refractivity contribution in [3.63, 3.8) is 0 Å². The summed E-state index contributed by atoms with van der Waals surface area (Å²) in [6, 6.07) is 0.0301. The third-order valence-electron chi connectivity index (χ3n) is 4.71. The lowest BCUT2D eigenvalue weighted by molar-refractivity contribution is 0.128. The van der Waals surface area contributed by atoms with E-state index in [4.69, 9.17) is 11.6 Å². The van der Waals surface area contributed by atoms with Crippen molar-refractivity contribution < 1.29 is 8.42 Å². The van der Waals surface area contributed by atoms with Gasteiger partial charge in [-0.3, -0.25) is 0 Å². The van der Waals surface area contributed by atoms with E-state index in [0.717, 1.165) is 12.8 Å². The van der Waals surface area contributed by atoms with Gasteiger partial charge in [0.05, 0.1) is 0 Å². The highest BCUT2D eigenvalue weighted by molar-refractivity contribution is 7.90. The fourth-order valence-corrected chi connectivity index (χ4v) is 5.01. The molecule has 5 heteroatoms. The molecule has 0 spiro atoms. The molecule has 2 fully saturated rings. The topological polar surface area (TPSA) is 46.2 Å². The van der Waals surface area contributed by atoms with Gasteiger partial charge in [0, 0.05) is 6.04 Å². The van der Waals surface area contributed by atoms with Crippen LogP contribution in [0.2, 0.25) is 0 Å². The maximum Gasteiger partial charge on any atom is 0.225 e. The molecule has 2 rings (SSSR count). The molecule has 94 valence electrons. The molecule has 1 N–H and O–H groups in total. The Labute approximate surface area is 103 Å². The highest BCUT2D eigenvalue weighted by Gasteiger charge is 2.60. The third kappa shape index (κ3) is 1.79. The second kappa shape index (κ2) is 3.59. The van der Waals surface area contributed by atoms with Crippen LogP contribution in [-0.2, 0) is 10.0 Å². The molecule has 16 heavy (non-hydrogen) atoms. The number of sulfonamides is 1. The molecule has 0 saturated heterocycles. The fourth-order valence-electron chi connectivity index (χ4n) is 3.81. The van der Waals surface area contributed by atoms with Crippen LogP contribution in [0.3, 0.4) is 0 Å². The van der Waals surface area contributed by atoms with Crippen LogP contribution < -0.4 is 4.72 Å². The molecular weight excluding hydrogens is 246 g/mol. The van der Waals surface area contributed by atoms with E-state index in [9.17, 15) is 8.42 Å². The normalized spacial score (nSPS) is 41.5. The molecule has 3 atom stereocenters. The molecule has 2 aliphatic rings. The lowest BCUT2D eigenvalue weighted by Crippen LogP contribution is -2.52. The van der Waals surface area contributed by atoms with Gasteiger partial charge in [-0.1, -0.05) is 20.8 Å². The van der Waals surface area contributed by atoms with Gasteiger partial charge in [-0.2, -0.15) is 0 Å². The number of nitrogens with one attached hydrogen (secondary N) is 1. The molecule has 0 heterocycles. The van der Waals surface area contributed by atoms with Crippen LogP contribution in [0.5, 0.6) is 0 Å². The number of hydrogen-bond donors (Lipinski definition) is 1. The van der Waals surface area contributed by atoms with Crippen molar-refractivity contribution in [1.82, 2.24) is 4.72 Å². The van der Waals surface area contributed by atoms with Crippen molar-refractivity contribution in [3.8, 4) is 0 Å². The predicted octanol–water partition coefficient (Wildman–Crippen LogP) is 2.32. The molecule has 0 aromatic carbocycles. The Hall–Kier alpha value is 0.200. The first-order chi connectivity index (χ1) is 7.21. The van der Waals surface area contributed by atoms with Crippen LogP contribution in [0, 0.1) is 16.7 Å². The summed E-state index contributed by atoms with van der Waals surface area (Å²) in [5, 5.41) is -0.347. The third-order valence-corrected chi connectivity index (χ3v) is 6.45. The first kappa shape index (κ1) is 12.7. The average molecular weight is 266 g/mol. The predicted molar refractivity (Wildman–Crippen MR) is 65.8 cm³/mol. The van der Waals surface area contributed by atoms with Crippen LogP contribution in [0.1, 0.15) is 40.0 Å². The summed E-state index contributed by atoms with van der Waals surface area (Å²) >= 11 is 5.46. The summed E-state index contributed by atoms with van der Waals surface area (Å²) in [5.74, 6) is 0.639. The lowest BCUT2D eigenvalue weighted by Gasteiger charge is -2.42. The minimum absolute atomic E-state index is 0.0301. The Morgan fingerprint density at radius 2 is 2.00 bits per heavy atom. The molecule has 0 aliphatic heterocycles. The summed E-state index contributed by atoms with van der Waals surface area (Å²) in [5.41, 5.74) is 0.166. The summed E-state index contributed by atoms with van der Waals surface area (Å²) in [6.45, 7) is 6.54. The van der Waals surface area contributed by atoms with Crippen molar-refractivity contribution in [2.24, 2.45) is 16.7 Å². The first-order valence-electron chi connectivity index (χ1n) is 5.77. The highest BCUT2D eigenvalue weighted by Crippen LogP contribution is 2.62. The molecule has 0 radical (unpaired) electrons. The van der Waals surface area contributed by atoms with E-state index in [-0.39, 0.29) is 22.1 Å². The van der Waals surface area contributed by atoms with Gasteiger partial charge in [-0.15, -0.1) is 11.6 Å². The van der Waals surface area contributed by atoms with Crippen molar-refractivity contribution in [2.45, 2.75) is 46.1 Å². The van der Waals surface area contributed by atoms with E-state index >= 15 is 0 Å². The largest absolute Gasteiger partial charge is 0.225 e. The number of rotatable bonds is 3. The maximum absolute atomic E-state index is 11.6. The summed E-state index contributed by atoms with van der Waals surface area (Å²) < 4.78 is 26.0. The molecule has 3 nitrogen and oxygen atoms in total. The molecule has 3 unspecified atom stereocenters. The summed E-state index contributed by atoms with van der Waals surface area (Å²) in [6.07, 6.45) is 3.48. The Morgan fingerprint density at radius 1 is 1.38 bits per heavy atom. The van der Waals surface area contributed by atoms with Gasteiger partial charge in [-0.05, 0) is 36.0 Å². The molecule has 0 amide bonds. The van der Waals surface area contributed by atoms with Crippen molar-refractivity contribution in [3.05, 3.63) is 0 Å². The van der Waals surface area contributed by atoms with Crippen molar-refractivity contribution in [2.75, 3.05) is 5.21 Å². The van der Waals surface area contributed by atoms with E-state index in [1.54, 1.807) is 0 Å². The van der Waals surface area contributed by atoms with Gasteiger partial charge in [0.1, 0.15) is 5.21 Å². The van der Waals surface area contributed by atoms with Gasteiger partial charge >= 0.3 is 0 Å². The number of alkyl halides is 1. The van der Waals surface area contributed by atoms with Crippen LogP contribution in [0.4, 0.5) is 0 Å². The quantitative estimate of drug-likeness (QED) is 0.796. The lowest BCUT2D eigenvalue weighted by atomic mass is 9.69. The van der Waals surface area contributed by atoms with Crippen LogP contribution in [0.25, 0.3) is 0 Å². The van der Waals surface area contributed by atoms with Gasteiger partial charge in [-0.25, -0.2) is 13.1 Å². The Kier molecular flexibility index (Phi) is 2.84. The standard InChI is InChI=1S/C11H20ClNO2S/c1-10(2)8-4-5-11(3,6-8)9(10)13-16(14,15)7-12/h8-9,13H,4-7H2,1-3H3. The van der Waals surface area contributed by atoms with Crippen LogP contribution >= 0.6 is 11.6 Å². The molecule has 0 aromatic heterocycles. The zero-order chi connectivity index (χ0) is 12.2. The van der Waals surface area contributed by atoms with Gasteiger partial charge in [0.25, 0.3) is 0 Å². The monoisotopic (exact) mass is 265 g/mol. The summed E-state index contributed by atoms with van der Waals surface area (Å²) in [7, 11) is -3.32. The van der Waals surface area contributed by atoms with Gasteiger partial charge in [0.2, 0.25) is 10.0 Å². The minimum Gasteiger partial charge on any atom is -0.211 e. The minimum atomic E-state index is -3.32. The van der Waals surface area contributed by atoms with Crippen LogP contribution in [-0.4, -0.2) is 19.7 Å². The molecular formula is C11H20ClNO2S. The number of hydrogen-bond acceptors (Lipinski definition) is 2. The fraction of sp³-hybridized carbons (Fsp3) is 1.00. The van der Waals surface area contributed by atoms with Gasteiger partial charge < -0.3 is 0 Å². The average Bonchev–Trinajstić information content (AvgIpc) is 2.64. The Morgan fingerprint density at radius 3 is 2.44 bits per heavy atom. The van der Waals surface area contributed by atoms with Gasteiger partial charge in [0.15, 0.2) is 0 Å².